The van der Waals surface area contributed by atoms with Crippen LogP contribution in [0.25, 0.3) is 5.65 Å². The fraction of sp³-hybridized carbons (Fsp3) is 0.533. The Kier molecular flexibility index (Phi) is 3.71. The molecule has 108 valence electrons. The lowest BCUT2D eigenvalue weighted by Gasteiger charge is -2.29. The Balaban J connectivity index is 1.87. The highest BCUT2D eigenvalue weighted by molar-refractivity contribution is 6.33. The van der Waals surface area contributed by atoms with E-state index in [2.05, 4.69) is 27.4 Å². The van der Waals surface area contributed by atoms with Gasteiger partial charge in [0.05, 0.1) is 16.8 Å². The van der Waals surface area contributed by atoms with E-state index in [0.29, 0.717) is 5.02 Å². The average Bonchev–Trinajstić information content (AvgIpc) is 2.70. The van der Waals surface area contributed by atoms with E-state index >= 15 is 0 Å². The number of rotatable bonds is 2. The normalized spacial score (nSPS) is 18.0. The average molecular weight is 294 g/mol. The van der Waals surface area contributed by atoms with E-state index in [1.807, 2.05) is 13.0 Å². The number of halogens is 1. The second kappa shape index (κ2) is 5.35. The summed E-state index contributed by atoms with van der Waals surface area (Å²) in [5.41, 5.74) is 4.18. The third kappa shape index (κ3) is 2.55. The molecule has 3 heterocycles. The van der Waals surface area contributed by atoms with Crippen LogP contribution in [0.15, 0.2) is 12.3 Å². The number of likely N-dealkylation sites (tertiary alicyclic amines) is 1. The molecule has 20 heavy (non-hydrogen) atoms. The zero-order valence-corrected chi connectivity index (χ0v) is 12.7. The van der Waals surface area contributed by atoms with Gasteiger partial charge in [-0.15, -0.1) is 0 Å². The van der Waals surface area contributed by atoms with Gasteiger partial charge in [0, 0.05) is 31.5 Å². The Bertz CT molecular complexity index is 630. The molecule has 0 unspecified atom stereocenters. The highest BCUT2D eigenvalue weighted by Gasteiger charge is 2.18. The van der Waals surface area contributed by atoms with E-state index in [9.17, 15) is 5.11 Å². The van der Waals surface area contributed by atoms with Crippen LogP contribution in [0.4, 0.5) is 0 Å². The Morgan fingerprint density at radius 1 is 1.35 bits per heavy atom. The number of piperidine rings is 1. The molecule has 2 aromatic rings. The molecule has 0 spiro atoms. The van der Waals surface area contributed by atoms with Crippen LogP contribution in [0, 0.1) is 13.8 Å². The van der Waals surface area contributed by atoms with E-state index < -0.39 is 0 Å². The van der Waals surface area contributed by atoms with Crippen molar-refractivity contribution in [1.82, 2.24) is 14.3 Å². The number of imidazole rings is 1. The number of nitrogens with zero attached hydrogens (tertiary/aromatic N) is 3. The van der Waals surface area contributed by atoms with E-state index in [4.69, 9.17) is 11.6 Å². The summed E-state index contributed by atoms with van der Waals surface area (Å²) in [4.78, 5) is 6.86. The summed E-state index contributed by atoms with van der Waals surface area (Å²) >= 11 is 6.35. The van der Waals surface area contributed by atoms with Crippen LogP contribution >= 0.6 is 11.6 Å². The second-order valence-corrected chi connectivity index (χ2v) is 6.09. The van der Waals surface area contributed by atoms with Crippen LogP contribution in [-0.2, 0) is 6.54 Å². The standard InChI is InChI=1S/C15H20ClN3O/c1-10-11(2)19-9-12(7-14(16)15(19)17-10)8-18-5-3-13(20)4-6-18/h7,9,13,20H,3-6,8H2,1-2H3. The summed E-state index contributed by atoms with van der Waals surface area (Å²) in [5.74, 6) is 0. The van der Waals surface area contributed by atoms with Gasteiger partial charge in [-0.1, -0.05) is 11.6 Å². The summed E-state index contributed by atoms with van der Waals surface area (Å²) in [6, 6.07) is 2.01. The summed E-state index contributed by atoms with van der Waals surface area (Å²) in [5, 5.41) is 10.3. The third-order valence-corrected chi connectivity index (χ3v) is 4.45. The van der Waals surface area contributed by atoms with E-state index in [0.717, 1.165) is 49.5 Å². The maximum absolute atomic E-state index is 9.56. The van der Waals surface area contributed by atoms with Crippen LogP contribution in [0.1, 0.15) is 29.8 Å². The lowest BCUT2D eigenvalue weighted by Crippen LogP contribution is -2.35. The van der Waals surface area contributed by atoms with Crippen LogP contribution in [0.3, 0.4) is 0 Å². The molecule has 1 saturated heterocycles. The van der Waals surface area contributed by atoms with Crippen molar-refractivity contribution in [3.63, 3.8) is 0 Å². The molecule has 0 aromatic carbocycles. The molecule has 0 bridgehead atoms. The monoisotopic (exact) mass is 293 g/mol. The first kappa shape index (κ1) is 13.9. The van der Waals surface area contributed by atoms with Gasteiger partial charge in [0.15, 0.2) is 5.65 Å². The first-order chi connectivity index (χ1) is 9.54. The number of aliphatic hydroxyl groups is 1. The summed E-state index contributed by atoms with van der Waals surface area (Å²) in [6.45, 7) is 6.83. The van der Waals surface area contributed by atoms with Gasteiger partial charge in [-0.3, -0.25) is 4.90 Å². The zero-order valence-electron chi connectivity index (χ0n) is 11.9. The first-order valence-electron chi connectivity index (χ1n) is 7.08. The molecule has 3 rings (SSSR count). The van der Waals surface area contributed by atoms with Crippen molar-refractivity contribution in [2.45, 2.75) is 39.3 Å². The number of pyridine rings is 1. The minimum Gasteiger partial charge on any atom is -0.393 e. The predicted molar refractivity (Wildman–Crippen MR) is 80.2 cm³/mol. The number of fused-ring (bicyclic) bond motifs is 1. The molecular weight excluding hydrogens is 274 g/mol. The van der Waals surface area contributed by atoms with Crippen LogP contribution in [0.2, 0.25) is 5.02 Å². The first-order valence-corrected chi connectivity index (χ1v) is 7.46. The van der Waals surface area contributed by atoms with Gasteiger partial charge in [0.2, 0.25) is 0 Å². The summed E-state index contributed by atoms with van der Waals surface area (Å²) in [7, 11) is 0. The smallest absolute Gasteiger partial charge is 0.156 e. The topological polar surface area (TPSA) is 40.8 Å². The van der Waals surface area contributed by atoms with Gasteiger partial charge in [-0.2, -0.15) is 0 Å². The molecule has 0 radical (unpaired) electrons. The van der Waals surface area contributed by atoms with E-state index in [1.165, 1.54) is 5.56 Å². The highest BCUT2D eigenvalue weighted by Crippen LogP contribution is 2.23. The molecule has 2 aromatic heterocycles. The van der Waals surface area contributed by atoms with Crippen molar-refractivity contribution >= 4 is 17.2 Å². The Morgan fingerprint density at radius 2 is 2.05 bits per heavy atom. The van der Waals surface area contributed by atoms with Gasteiger partial charge in [-0.05, 0) is 38.3 Å². The van der Waals surface area contributed by atoms with Crippen molar-refractivity contribution in [1.29, 1.82) is 0 Å². The van der Waals surface area contributed by atoms with E-state index in [-0.39, 0.29) is 6.10 Å². The molecular formula is C15H20ClN3O. The lowest BCUT2D eigenvalue weighted by molar-refractivity contribution is 0.0792. The zero-order chi connectivity index (χ0) is 14.3. The Labute approximate surface area is 124 Å². The van der Waals surface area contributed by atoms with Crippen molar-refractivity contribution in [2.24, 2.45) is 0 Å². The van der Waals surface area contributed by atoms with Crippen molar-refractivity contribution in [3.05, 3.63) is 34.2 Å². The highest BCUT2D eigenvalue weighted by atomic mass is 35.5. The largest absolute Gasteiger partial charge is 0.393 e. The quantitative estimate of drug-likeness (QED) is 0.925. The van der Waals surface area contributed by atoms with Crippen LogP contribution in [0.5, 0.6) is 0 Å². The van der Waals surface area contributed by atoms with Crippen LogP contribution in [-0.4, -0.2) is 38.6 Å². The van der Waals surface area contributed by atoms with Gasteiger partial charge in [0.1, 0.15) is 0 Å². The van der Waals surface area contributed by atoms with Gasteiger partial charge in [0.25, 0.3) is 0 Å². The van der Waals surface area contributed by atoms with Gasteiger partial charge in [-0.25, -0.2) is 4.98 Å². The van der Waals surface area contributed by atoms with Gasteiger partial charge >= 0.3 is 0 Å². The molecule has 0 aliphatic carbocycles. The molecule has 4 nitrogen and oxygen atoms in total. The number of hydrogen-bond donors (Lipinski definition) is 1. The maximum Gasteiger partial charge on any atom is 0.156 e. The predicted octanol–water partition coefficient (Wildman–Crippen LogP) is 2.56. The SMILES string of the molecule is Cc1nc2c(Cl)cc(CN3CCC(O)CC3)cn2c1C. The maximum atomic E-state index is 9.56. The number of aryl methyl sites for hydroxylation is 2. The molecule has 1 aliphatic heterocycles. The summed E-state index contributed by atoms with van der Waals surface area (Å²) in [6.07, 6.45) is 3.72. The number of aromatic nitrogens is 2. The molecule has 1 N–H and O–H groups in total. The number of hydrogen-bond acceptors (Lipinski definition) is 3. The third-order valence-electron chi connectivity index (χ3n) is 4.17. The van der Waals surface area contributed by atoms with Crippen molar-refractivity contribution < 1.29 is 5.11 Å². The fourth-order valence-electron chi connectivity index (χ4n) is 2.81. The fourth-order valence-corrected chi connectivity index (χ4v) is 3.08. The number of aliphatic hydroxyl groups excluding tert-OH is 1. The molecule has 0 saturated carbocycles. The van der Waals surface area contributed by atoms with Gasteiger partial charge < -0.3 is 9.51 Å². The van der Waals surface area contributed by atoms with E-state index in [1.54, 1.807) is 0 Å². The van der Waals surface area contributed by atoms with Crippen LogP contribution < -0.4 is 0 Å². The minimum absolute atomic E-state index is 0.129. The molecule has 1 fully saturated rings. The lowest BCUT2D eigenvalue weighted by atomic mass is 10.1. The molecule has 0 amide bonds. The summed E-state index contributed by atoms with van der Waals surface area (Å²) < 4.78 is 2.08. The van der Waals surface area contributed by atoms with Crippen molar-refractivity contribution in [2.75, 3.05) is 13.1 Å². The molecule has 0 atom stereocenters. The minimum atomic E-state index is -0.129. The Morgan fingerprint density at radius 3 is 2.75 bits per heavy atom. The molecule has 1 aliphatic rings. The second-order valence-electron chi connectivity index (χ2n) is 5.68. The Hall–Kier alpha value is -1.10. The van der Waals surface area contributed by atoms with Crippen molar-refractivity contribution in [3.8, 4) is 0 Å². The molecule has 5 heteroatoms.